The summed E-state index contributed by atoms with van der Waals surface area (Å²) in [4.78, 5) is 0. The molecule has 0 heterocycles. The molecule has 2 aromatic carbocycles. The Bertz CT molecular complexity index is 955. The lowest BCUT2D eigenvalue weighted by Crippen LogP contribution is -2.66. The molecule has 0 spiro atoms. The van der Waals surface area contributed by atoms with Crippen molar-refractivity contribution < 1.29 is 19.1 Å². The van der Waals surface area contributed by atoms with E-state index in [0.29, 0.717) is 32.0 Å². The molecule has 0 aliphatic rings. The summed E-state index contributed by atoms with van der Waals surface area (Å²) in [6, 6.07) is 21.5. The van der Waals surface area contributed by atoms with Crippen LogP contribution in [0.15, 0.2) is 60.7 Å². The van der Waals surface area contributed by atoms with Gasteiger partial charge in [0.2, 0.25) is 0 Å². The Labute approximate surface area is 247 Å². The first-order valence-corrected chi connectivity index (χ1v) is 20.0. The van der Waals surface area contributed by atoms with Crippen molar-refractivity contribution in [3.63, 3.8) is 0 Å². The van der Waals surface area contributed by atoms with Crippen LogP contribution in [0.1, 0.15) is 87.5 Å². The quantitative estimate of drug-likeness (QED) is 0.170. The van der Waals surface area contributed by atoms with Crippen LogP contribution in [0.5, 0.6) is 0 Å². The van der Waals surface area contributed by atoms with E-state index in [-0.39, 0.29) is 10.1 Å². The van der Waals surface area contributed by atoms with Crippen molar-refractivity contribution in [2.24, 2.45) is 5.92 Å². The fraction of sp³-hybridized carbons (Fsp3) is 0.647. The maximum Gasteiger partial charge on any atom is 0.261 e. The van der Waals surface area contributed by atoms with Crippen molar-refractivity contribution in [1.29, 1.82) is 0 Å². The summed E-state index contributed by atoms with van der Waals surface area (Å²) >= 11 is 0. The lowest BCUT2D eigenvalue weighted by Gasteiger charge is -2.43. The second kappa shape index (κ2) is 14.3. The van der Waals surface area contributed by atoms with Gasteiger partial charge in [0.15, 0.2) is 8.32 Å². The summed E-state index contributed by atoms with van der Waals surface area (Å²) in [5.41, 5.74) is -1.10. The van der Waals surface area contributed by atoms with Crippen LogP contribution in [0.2, 0.25) is 23.2 Å². The Hall–Kier alpha value is -1.29. The van der Waals surface area contributed by atoms with E-state index in [0.717, 1.165) is 19.3 Å². The van der Waals surface area contributed by atoms with E-state index >= 15 is 0 Å². The lowest BCUT2D eigenvalue weighted by molar-refractivity contribution is -0.0734. The third-order valence-electron chi connectivity index (χ3n) is 8.99. The molecule has 0 saturated carbocycles. The van der Waals surface area contributed by atoms with Crippen molar-refractivity contribution in [2.45, 2.75) is 122 Å². The summed E-state index contributed by atoms with van der Waals surface area (Å²) in [6.45, 7) is 23.4. The standard InChI is InChI=1S/C34H58O4Si2/c1-28(19-17-25-34(8,36)31(35)24-18-26-37-39(9,10)32(2,3)4)27-38-40(33(5,6)7,29-20-13-11-14-21-29)30-22-15-12-16-23-30/h11-16,20-23,28,31,35-36H,17-19,24-27H2,1-10H3/t28?,31-,34+/m1/s1. The maximum atomic E-state index is 11.0. The second-order valence-electron chi connectivity index (χ2n) is 14.6. The van der Waals surface area contributed by atoms with Crippen molar-refractivity contribution >= 4 is 27.0 Å². The molecular formula is C34H58O4Si2. The minimum Gasteiger partial charge on any atom is -0.417 e. The highest BCUT2D eigenvalue weighted by Gasteiger charge is 2.50. The van der Waals surface area contributed by atoms with Crippen LogP contribution in [-0.2, 0) is 8.85 Å². The van der Waals surface area contributed by atoms with Crippen molar-refractivity contribution in [3.05, 3.63) is 60.7 Å². The van der Waals surface area contributed by atoms with E-state index in [9.17, 15) is 10.2 Å². The van der Waals surface area contributed by atoms with Gasteiger partial charge in [-0.3, -0.25) is 0 Å². The third kappa shape index (κ3) is 9.11. The Morgan fingerprint density at radius 3 is 1.68 bits per heavy atom. The van der Waals surface area contributed by atoms with Gasteiger partial charge in [0, 0.05) is 13.2 Å². The number of aliphatic hydroxyl groups excluding tert-OH is 1. The average Bonchev–Trinajstić information content (AvgIpc) is 2.86. The zero-order valence-corrected chi connectivity index (χ0v) is 29.1. The molecule has 0 aromatic heterocycles. The lowest BCUT2D eigenvalue weighted by atomic mass is 9.88. The van der Waals surface area contributed by atoms with E-state index in [2.05, 4.69) is 122 Å². The largest absolute Gasteiger partial charge is 0.417 e. The van der Waals surface area contributed by atoms with Gasteiger partial charge in [0.25, 0.3) is 8.32 Å². The number of hydrogen-bond acceptors (Lipinski definition) is 4. The molecule has 1 unspecified atom stereocenters. The van der Waals surface area contributed by atoms with Gasteiger partial charge in [-0.05, 0) is 72.1 Å². The van der Waals surface area contributed by atoms with Crippen molar-refractivity contribution in [3.8, 4) is 0 Å². The highest BCUT2D eigenvalue weighted by atomic mass is 28.4. The van der Waals surface area contributed by atoms with Gasteiger partial charge >= 0.3 is 0 Å². The van der Waals surface area contributed by atoms with Crippen LogP contribution in [0.4, 0.5) is 0 Å². The third-order valence-corrected chi connectivity index (χ3v) is 18.5. The fourth-order valence-corrected chi connectivity index (χ4v) is 11.0. The molecule has 0 bridgehead atoms. The van der Waals surface area contributed by atoms with Crippen molar-refractivity contribution in [1.82, 2.24) is 0 Å². The Kier molecular flexibility index (Phi) is 12.4. The van der Waals surface area contributed by atoms with E-state index < -0.39 is 28.3 Å². The SMILES string of the molecule is CC(CCC[C@](C)(O)[C@H](O)CCCO[Si](C)(C)C(C)(C)C)CO[Si](c1ccccc1)(c1ccccc1)C(C)(C)C. The van der Waals surface area contributed by atoms with Gasteiger partial charge in [-0.2, -0.15) is 0 Å². The zero-order valence-electron chi connectivity index (χ0n) is 27.1. The van der Waals surface area contributed by atoms with Gasteiger partial charge in [-0.15, -0.1) is 0 Å². The first-order chi connectivity index (χ1) is 18.4. The van der Waals surface area contributed by atoms with Crippen LogP contribution in [0.25, 0.3) is 0 Å². The van der Waals surface area contributed by atoms with Gasteiger partial charge in [-0.25, -0.2) is 0 Å². The predicted octanol–water partition coefficient (Wildman–Crippen LogP) is 7.28. The van der Waals surface area contributed by atoms with Crippen molar-refractivity contribution in [2.75, 3.05) is 13.2 Å². The van der Waals surface area contributed by atoms with Crippen LogP contribution in [0, 0.1) is 5.92 Å². The molecule has 6 heteroatoms. The fourth-order valence-electron chi connectivity index (χ4n) is 5.22. The summed E-state index contributed by atoms with van der Waals surface area (Å²) in [6.07, 6.45) is 2.91. The first kappa shape index (κ1) is 34.9. The Morgan fingerprint density at radius 2 is 1.23 bits per heavy atom. The van der Waals surface area contributed by atoms with Gasteiger partial charge in [-0.1, -0.05) is 116 Å². The summed E-state index contributed by atoms with van der Waals surface area (Å²) in [5.74, 6) is 0.340. The molecule has 3 atom stereocenters. The van der Waals surface area contributed by atoms with E-state index in [4.69, 9.17) is 8.85 Å². The molecule has 0 fully saturated rings. The number of aliphatic hydroxyl groups is 2. The van der Waals surface area contributed by atoms with Crippen LogP contribution in [-0.4, -0.2) is 51.8 Å². The number of rotatable bonds is 15. The Morgan fingerprint density at radius 1 is 0.725 bits per heavy atom. The van der Waals surface area contributed by atoms with Gasteiger partial charge in [0.1, 0.15) is 0 Å². The van der Waals surface area contributed by atoms with Crippen LogP contribution < -0.4 is 10.4 Å². The van der Waals surface area contributed by atoms with E-state index in [1.165, 1.54) is 10.4 Å². The van der Waals surface area contributed by atoms with Gasteiger partial charge in [0.05, 0.1) is 11.7 Å². The summed E-state index contributed by atoms with van der Waals surface area (Å²) < 4.78 is 13.3. The minimum absolute atomic E-state index is 0.0441. The molecule has 0 amide bonds. The zero-order chi connectivity index (χ0) is 30.2. The molecule has 2 aromatic rings. The smallest absolute Gasteiger partial charge is 0.261 e. The second-order valence-corrected chi connectivity index (χ2v) is 23.7. The van der Waals surface area contributed by atoms with Crippen LogP contribution >= 0.6 is 0 Å². The molecule has 2 rings (SSSR count). The highest BCUT2D eigenvalue weighted by Crippen LogP contribution is 2.38. The molecular weight excluding hydrogens is 529 g/mol. The number of hydrogen-bond donors (Lipinski definition) is 2. The average molecular weight is 587 g/mol. The molecule has 4 nitrogen and oxygen atoms in total. The molecule has 0 saturated heterocycles. The molecule has 2 N–H and O–H groups in total. The van der Waals surface area contributed by atoms with E-state index in [1.807, 2.05) is 0 Å². The normalized spacial score (nSPS) is 16.4. The molecule has 0 aliphatic heterocycles. The monoisotopic (exact) mass is 586 g/mol. The topological polar surface area (TPSA) is 58.9 Å². The minimum atomic E-state index is -2.55. The summed E-state index contributed by atoms with van der Waals surface area (Å²) in [5, 5.41) is 24.5. The first-order valence-electron chi connectivity index (χ1n) is 15.2. The Balaban J connectivity index is 1.95. The maximum absolute atomic E-state index is 11.0. The van der Waals surface area contributed by atoms with Crippen LogP contribution in [0.3, 0.4) is 0 Å². The number of benzene rings is 2. The highest BCUT2D eigenvalue weighted by molar-refractivity contribution is 6.99. The molecule has 226 valence electrons. The molecule has 40 heavy (non-hydrogen) atoms. The summed E-state index contributed by atoms with van der Waals surface area (Å²) in [7, 11) is -4.34. The van der Waals surface area contributed by atoms with Gasteiger partial charge < -0.3 is 19.1 Å². The predicted molar refractivity (Wildman–Crippen MR) is 176 cm³/mol. The molecule has 0 aliphatic carbocycles. The van der Waals surface area contributed by atoms with E-state index in [1.54, 1.807) is 6.92 Å². The molecule has 0 radical (unpaired) electrons.